The van der Waals surface area contributed by atoms with Crippen LogP contribution in [0.2, 0.25) is 0 Å². The molecular formula is C23H22N4O. The summed E-state index contributed by atoms with van der Waals surface area (Å²) in [6.45, 7) is 3.46. The van der Waals surface area contributed by atoms with Gasteiger partial charge in [0.2, 0.25) is 5.88 Å². The van der Waals surface area contributed by atoms with Crippen molar-refractivity contribution in [1.29, 1.82) is 0 Å². The van der Waals surface area contributed by atoms with E-state index in [1.165, 1.54) is 53.8 Å². The zero-order valence-electron chi connectivity index (χ0n) is 15.9. The van der Waals surface area contributed by atoms with E-state index >= 15 is 0 Å². The number of nitrogens with zero attached hydrogens (tertiary/aromatic N) is 4. The highest BCUT2D eigenvalue weighted by atomic mass is 16.5. The molecule has 2 bridgehead atoms. The molecule has 0 aliphatic carbocycles. The second kappa shape index (κ2) is 6.04. The fourth-order valence-corrected chi connectivity index (χ4v) is 5.11. The van der Waals surface area contributed by atoms with Crippen LogP contribution in [0.3, 0.4) is 0 Å². The van der Waals surface area contributed by atoms with Crippen LogP contribution in [0.5, 0.6) is 5.88 Å². The fraction of sp³-hybridized carbons (Fsp3) is 0.304. The predicted molar refractivity (Wildman–Crippen MR) is 110 cm³/mol. The van der Waals surface area contributed by atoms with E-state index in [-0.39, 0.29) is 0 Å². The van der Waals surface area contributed by atoms with Gasteiger partial charge >= 0.3 is 0 Å². The highest BCUT2D eigenvalue weighted by Crippen LogP contribution is 2.42. The summed E-state index contributed by atoms with van der Waals surface area (Å²) in [7, 11) is 1.67. The number of ether oxygens (including phenoxy) is 1. The summed E-state index contributed by atoms with van der Waals surface area (Å²) in [6.07, 6.45) is 4.04. The molecule has 3 aliphatic rings. The van der Waals surface area contributed by atoms with E-state index in [1.54, 1.807) is 13.4 Å². The first-order valence-electron chi connectivity index (χ1n) is 9.97. The van der Waals surface area contributed by atoms with Gasteiger partial charge in [0.1, 0.15) is 6.33 Å². The molecule has 7 rings (SSSR count). The molecule has 5 heterocycles. The maximum absolute atomic E-state index is 5.50. The van der Waals surface area contributed by atoms with E-state index in [4.69, 9.17) is 4.74 Å². The lowest BCUT2D eigenvalue weighted by molar-refractivity contribution is 0.220. The van der Waals surface area contributed by atoms with Gasteiger partial charge in [0, 0.05) is 29.2 Å². The number of para-hydroxylation sites is 1. The zero-order chi connectivity index (χ0) is 18.7. The minimum absolute atomic E-state index is 0.616. The van der Waals surface area contributed by atoms with Crippen LogP contribution in [-0.4, -0.2) is 39.6 Å². The predicted octanol–water partition coefficient (Wildman–Crippen LogP) is 4.28. The fourth-order valence-electron chi connectivity index (χ4n) is 5.11. The maximum atomic E-state index is 5.50. The number of hydrogen-bond donors (Lipinski definition) is 0. The highest BCUT2D eigenvalue weighted by Gasteiger charge is 2.33. The molecule has 4 aromatic rings. The third-order valence-corrected chi connectivity index (χ3v) is 6.41. The molecular weight excluding hydrogens is 348 g/mol. The Morgan fingerprint density at radius 2 is 1.86 bits per heavy atom. The lowest BCUT2D eigenvalue weighted by Crippen LogP contribution is -2.29. The Morgan fingerprint density at radius 3 is 2.71 bits per heavy atom. The Bertz CT molecular complexity index is 1200. The Balaban J connectivity index is 1.67. The molecule has 1 fully saturated rings. The van der Waals surface area contributed by atoms with Gasteiger partial charge < -0.3 is 9.30 Å². The molecule has 0 unspecified atom stereocenters. The summed E-state index contributed by atoms with van der Waals surface area (Å²) in [4.78, 5) is 11.3. The van der Waals surface area contributed by atoms with Crippen molar-refractivity contribution in [1.82, 2.24) is 19.4 Å². The number of fused-ring (bicyclic) bond motifs is 4. The van der Waals surface area contributed by atoms with Gasteiger partial charge in [0.05, 0.1) is 23.5 Å². The van der Waals surface area contributed by atoms with Crippen LogP contribution >= 0.6 is 0 Å². The van der Waals surface area contributed by atoms with Gasteiger partial charge in [-0.2, -0.15) is 0 Å². The van der Waals surface area contributed by atoms with E-state index < -0.39 is 0 Å². The van der Waals surface area contributed by atoms with Gasteiger partial charge in [-0.15, -0.1) is 0 Å². The molecule has 2 aromatic heterocycles. The van der Waals surface area contributed by atoms with Crippen LogP contribution in [0.4, 0.5) is 0 Å². The molecule has 0 atom stereocenters. The van der Waals surface area contributed by atoms with Gasteiger partial charge in [0.25, 0.3) is 0 Å². The molecule has 0 N–H and O–H groups in total. The van der Waals surface area contributed by atoms with Gasteiger partial charge in [-0.1, -0.05) is 18.2 Å². The highest BCUT2D eigenvalue weighted by molar-refractivity contribution is 5.90. The minimum Gasteiger partial charge on any atom is -0.480 e. The van der Waals surface area contributed by atoms with Crippen molar-refractivity contribution in [3.63, 3.8) is 0 Å². The number of hydrogen-bond acceptors (Lipinski definition) is 4. The Labute approximate surface area is 163 Å². The average molecular weight is 370 g/mol. The topological polar surface area (TPSA) is 43.2 Å². The van der Waals surface area contributed by atoms with Crippen molar-refractivity contribution >= 4 is 21.8 Å². The summed E-state index contributed by atoms with van der Waals surface area (Å²) in [5.74, 6) is 1.24. The van der Waals surface area contributed by atoms with Crippen LogP contribution in [0.25, 0.3) is 27.5 Å². The van der Waals surface area contributed by atoms with Gasteiger partial charge in [-0.25, -0.2) is 9.97 Å². The average Bonchev–Trinajstić information content (AvgIpc) is 2.86. The monoisotopic (exact) mass is 370 g/mol. The second-order valence-corrected chi connectivity index (χ2v) is 7.85. The number of piperidine rings is 1. The Hall–Kier alpha value is -2.92. The first-order chi connectivity index (χ1) is 13.8. The molecule has 2 aromatic carbocycles. The molecule has 0 spiro atoms. The lowest BCUT2D eigenvalue weighted by Gasteiger charge is -2.27. The van der Waals surface area contributed by atoms with E-state index in [9.17, 15) is 0 Å². The largest absolute Gasteiger partial charge is 0.480 e. The quantitative estimate of drug-likeness (QED) is 0.528. The number of benzene rings is 2. The molecule has 1 saturated heterocycles. The lowest BCUT2D eigenvalue weighted by atomic mass is 9.94. The minimum atomic E-state index is 0.616. The third-order valence-electron chi connectivity index (χ3n) is 6.41. The van der Waals surface area contributed by atoms with Crippen molar-refractivity contribution < 1.29 is 4.74 Å². The van der Waals surface area contributed by atoms with Gasteiger partial charge in [-0.05, 0) is 55.8 Å². The first kappa shape index (κ1) is 16.1. The Kier molecular flexibility index (Phi) is 3.47. The van der Waals surface area contributed by atoms with E-state index in [0.717, 1.165) is 17.4 Å². The molecule has 0 amide bonds. The van der Waals surface area contributed by atoms with Gasteiger partial charge in [0.15, 0.2) is 0 Å². The number of aromatic nitrogens is 3. The zero-order valence-corrected chi connectivity index (χ0v) is 15.9. The summed E-state index contributed by atoms with van der Waals surface area (Å²) < 4.78 is 7.98. The van der Waals surface area contributed by atoms with Crippen LogP contribution in [0.1, 0.15) is 30.0 Å². The molecule has 140 valence electrons. The van der Waals surface area contributed by atoms with Crippen molar-refractivity contribution in [2.75, 3.05) is 20.2 Å². The van der Waals surface area contributed by atoms with Crippen LogP contribution in [0.15, 0.2) is 48.8 Å². The van der Waals surface area contributed by atoms with Crippen molar-refractivity contribution in [3.05, 3.63) is 60.0 Å². The van der Waals surface area contributed by atoms with Crippen molar-refractivity contribution in [2.24, 2.45) is 0 Å². The van der Waals surface area contributed by atoms with Gasteiger partial charge in [-0.3, -0.25) is 4.90 Å². The standard InChI is InChI=1S/C23H22N4O/c1-28-23-18-12-16(6-7-20(18)24-14-25-23)27-21-5-3-2-4-17(21)19-13-26-10-8-15(9-11-26)22(19)27/h2-7,12,14-15H,8-11,13H2,1H3. The smallest absolute Gasteiger partial charge is 0.224 e. The van der Waals surface area contributed by atoms with Crippen LogP contribution in [-0.2, 0) is 6.54 Å². The molecule has 5 nitrogen and oxygen atoms in total. The molecule has 5 heteroatoms. The SMILES string of the molecule is COc1ncnc2ccc(-n3c4c(c5ccccc53)CN3CCC4CC3)cc12. The molecule has 0 radical (unpaired) electrons. The molecule has 28 heavy (non-hydrogen) atoms. The van der Waals surface area contributed by atoms with Crippen molar-refractivity contribution in [3.8, 4) is 11.6 Å². The normalized spacial score (nSPS) is 21.0. The van der Waals surface area contributed by atoms with Crippen LogP contribution < -0.4 is 4.74 Å². The summed E-state index contributed by atoms with van der Waals surface area (Å²) >= 11 is 0. The second-order valence-electron chi connectivity index (χ2n) is 7.85. The summed E-state index contributed by atoms with van der Waals surface area (Å²) in [5, 5.41) is 2.34. The Morgan fingerprint density at radius 1 is 1.00 bits per heavy atom. The first-order valence-corrected chi connectivity index (χ1v) is 9.97. The summed E-state index contributed by atoms with van der Waals surface area (Å²) in [6, 6.07) is 15.3. The molecule has 0 saturated carbocycles. The van der Waals surface area contributed by atoms with Crippen molar-refractivity contribution in [2.45, 2.75) is 25.3 Å². The number of methoxy groups -OCH3 is 1. The van der Waals surface area contributed by atoms with E-state index in [0.29, 0.717) is 11.8 Å². The summed E-state index contributed by atoms with van der Waals surface area (Å²) in [5.41, 5.74) is 6.36. The van der Waals surface area contributed by atoms with E-state index in [2.05, 4.69) is 61.9 Å². The maximum Gasteiger partial charge on any atom is 0.224 e. The molecule has 3 aliphatic heterocycles. The van der Waals surface area contributed by atoms with Crippen LogP contribution in [0, 0.1) is 0 Å². The van der Waals surface area contributed by atoms with E-state index in [1.807, 2.05) is 0 Å². The third kappa shape index (κ3) is 2.23. The number of rotatable bonds is 2.